The van der Waals surface area contributed by atoms with Gasteiger partial charge >= 0.3 is 0 Å². The van der Waals surface area contributed by atoms with Gasteiger partial charge in [0.15, 0.2) is 6.61 Å². The van der Waals surface area contributed by atoms with Gasteiger partial charge in [0.2, 0.25) is 15.9 Å². The lowest BCUT2D eigenvalue weighted by molar-refractivity contribution is -0.120. The number of nitrogens with zero attached hydrogens (tertiary/aromatic N) is 2. The zero-order chi connectivity index (χ0) is 22.0. The Bertz CT molecular complexity index is 1110. The highest BCUT2D eigenvalue weighted by Gasteiger charge is 2.29. The van der Waals surface area contributed by atoms with Crippen LogP contribution in [-0.2, 0) is 21.2 Å². The summed E-state index contributed by atoms with van der Waals surface area (Å²) in [6.45, 7) is 1.45. The Balaban J connectivity index is 1.49. The van der Waals surface area contributed by atoms with Crippen molar-refractivity contribution in [2.24, 2.45) is 5.73 Å². The maximum Gasteiger partial charge on any atom is 0.264 e. The number of carbonyl (C=O) groups excluding carboxylic acids is 2. The van der Waals surface area contributed by atoms with Crippen LogP contribution in [0.3, 0.4) is 0 Å². The molecule has 1 fully saturated rings. The first-order valence-electron chi connectivity index (χ1n) is 10.3. The molecule has 2 aromatic carbocycles. The monoisotopic (exact) mass is 443 g/mol. The maximum atomic E-state index is 12.9. The number of hydrogen-bond acceptors (Lipinski definition) is 5. The van der Waals surface area contributed by atoms with Crippen molar-refractivity contribution in [3.63, 3.8) is 0 Å². The number of nitrogens with two attached hydrogens (primary N) is 1. The molecule has 0 radical (unpaired) electrons. The van der Waals surface area contributed by atoms with E-state index in [2.05, 4.69) is 0 Å². The SMILES string of the molecule is NC(=O)c1cccc(OCC(=O)N2CCCc3cc(S(=O)(=O)N4CCCC4)ccc32)c1. The van der Waals surface area contributed by atoms with E-state index in [0.29, 0.717) is 43.1 Å². The third kappa shape index (κ3) is 4.42. The average Bonchev–Trinajstić information content (AvgIpc) is 3.33. The molecule has 0 atom stereocenters. The fourth-order valence-electron chi connectivity index (χ4n) is 4.03. The highest BCUT2D eigenvalue weighted by Crippen LogP contribution is 2.31. The normalized spacial score (nSPS) is 16.7. The number of aryl methyl sites for hydroxylation is 1. The number of ether oxygens (including phenoxy) is 1. The Morgan fingerprint density at radius 3 is 2.52 bits per heavy atom. The van der Waals surface area contributed by atoms with Gasteiger partial charge in [0.05, 0.1) is 4.90 Å². The molecule has 2 heterocycles. The molecule has 4 rings (SSSR count). The summed E-state index contributed by atoms with van der Waals surface area (Å²) >= 11 is 0. The van der Waals surface area contributed by atoms with E-state index in [9.17, 15) is 18.0 Å². The van der Waals surface area contributed by atoms with Gasteiger partial charge in [0.25, 0.3) is 5.91 Å². The van der Waals surface area contributed by atoms with Crippen LogP contribution in [0, 0.1) is 0 Å². The van der Waals surface area contributed by atoms with Crippen LogP contribution in [-0.4, -0.2) is 50.8 Å². The van der Waals surface area contributed by atoms with Gasteiger partial charge in [0, 0.05) is 30.9 Å². The predicted octanol–water partition coefficient (Wildman–Crippen LogP) is 1.93. The fraction of sp³-hybridized carbons (Fsp3) is 0.364. The lowest BCUT2D eigenvalue weighted by Crippen LogP contribution is -2.38. The molecule has 0 unspecified atom stereocenters. The fourth-order valence-corrected chi connectivity index (χ4v) is 5.60. The molecular weight excluding hydrogens is 418 g/mol. The van der Waals surface area contributed by atoms with Crippen LogP contribution in [0.4, 0.5) is 5.69 Å². The van der Waals surface area contributed by atoms with Crippen molar-refractivity contribution in [2.75, 3.05) is 31.1 Å². The third-order valence-electron chi connectivity index (χ3n) is 5.65. The molecule has 2 amide bonds. The van der Waals surface area contributed by atoms with E-state index < -0.39 is 15.9 Å². The van der Waals surface area contributed by atoms with Crippen molar-refractivity contribution in [1.29, 1.82) is 0 Å². The second-order valence-electron chi connectivity index (χ2n) is 7.73. The summed E-state index contributed by atoms with van der Waals surface area (Å²) in [5.41, 5.74) is 7.14. The standard InChI is InChI=1S/C22H25N3O5S/c23-22(27)17-5-3-7-18(13-17)30-15-21(26)25-12-4-6-16-14-19(8-9-20(16)25)31(28,29)24-10-1-2-11-24/h3,5,7-9,13-14H,1-2,4,6,10-12,15H2,(H2,23,27). The molecule has 0 bridgehead atoms. The van der Waals surface area contributed by atoms with Gasteiger partial charge in [-0.15, -0.1) is 0 Å². The smallest absolute Gasteiger partial charge is 0.264 e. The van der Waals surface area contributed by atoms with Gasteiger partial charge in [-0.05, 0) is 67.6 Å². The summed E-state index contributed by atoms with van der Waals surface area (Å²) in [5.74, 6) is -0.420. The minimum Gasteiger partial charge on any atom is -0.484 e. The molecule has 2 aliphatic rings. The van der Waals surface area contributed by atoms with Crippen molar-refractivity contribution in [3.8, 4) is 5.75 Å². The van der Waals surface area contributed by atoms with Crippen LogP contribution in [0.1, 0.15) is 35.2 Å². The van der Waals surface area contributed by atoms with E-state index in [1.807, 2.05) is 0 Å². The van der Waals surface area contributed by atoms with Crippen molar-refractivity contribution < 1.29 is 22.7 Å². The molecule has 1 saturated heterocycles. The highest BCUT2D eigenvalue weighted by atomic mass is 32.2. The van der Waals surface area contributed by atoms with E-state index in [1.54, 1.807) is 41.3 Å². The van der Waals surface area contributed by atoms with Crippen molar-refractivity contribution in [2.45, 2.75) is 30.6 Å². The first-order valence-corrected chi connectivity index (χ1v) is 11.8. The second-order valence-corrected chi connectivity index (χ2v) is 9.67. The second kappa shape index (κ2) is 8.68. The van der Waals surface area contributed by atoms with Crippen LogP contribution < -0.4 is 15.4 Å². The van der Waals surface area contributed by atoms with Gasteiger partial charge in [-0.25, -0.2) is 8.42 Å². The quantitative estimate of drug-likeness (QED) is 0.734. The molecule has 2 aromatic rings. The zero-order valence-corrected chi connectivity index (χ0v) is 17.9. The number of benzene rings is 2. The Morgan fingerprint density at radius 1 is 1.00 bits per heavy atom. The lowest BCUT2D eigenvalue weighted by Gasteiger charge is -2.30. The summed E-state index contributed by atoms with van der Waals surface area (Å²) in [4.78, 5) is 26.0. The van der Waals surface area contributed by atoms with Crippen LogP contribution >= 0.6 is 0 Å². The molecule has 0 aliphatic carbocycles. The molecule has 9 heteroatoms. The molecule has 2 aliphatic heterocycles. The summed E-state index contributed by atoms with van der Waals surface area (Å²) < 4.78 is 32.8. The maximum absolute atomic E-state index is 12.9. The largest absolute Gasteiger partial charge is 0.484 e. The van der Waals surface area contributed by atoms with Crippen LogP contribution in [0.25, 0.3) is 0 Å². The molecular formula is C22H25N3O5S. The Kier molecular flexibility index (Phi) is 5.97. The van der Waals surface area contributed by atoms with Crippen molar-refractivity contribution in [1.82, 2.24) is 4.31 Å². The summed E-state index contributed by atoms with van der Waals surface area (Å²) in [6.07, 6.45) is 3.22. The van der Waals surface area contributed by atoms with E-state index in [-0.39, 0.29) is 17.4 Å². The molecule has 0 spiro atoms. The van der Waals surface area contributed by atoms with Gasteiger partial charge in [-0.3, -0.25) is 9.59 Å². The van der Waals surface area contributed by atoms with E-state index in [4.69, 9.17) is 10.5 Å². The molecule has 0 saturated carbocycles. The molecule has 164 valence electrons. The average molecular weight is 444 g/mol. The number of hydrogen-bond donors (Lipinski definition) is 1. The van der Waals surface area contributed by atoms with Crippen LogP contribution in [0.5, 0.6) is 5.75 Å². The predicted molar refractivity (Wildman–Crippen MR) is 116 cm³/mol. The molecule has 8 nitrogen and oxygen atoms in total. The van der Waals surface area contributed by atoms with E-state index >= 15 is 0 Å². The first kappa shape index (κ1) is 21.3. The number of fused-ring (bicyclic) bond motifs is 1. The zero-order valence-electron chi connectivity index (χ0n) is 17.1. The summed E-state index contributed by atoms with van der Waals surface area (Å²) in [6, 6.07) is 11.3. The Morgan fingerprint density at radius 2 is 1.77 bits per heavy atom. The Hall–Kier alpha value is -2.91. The van der Waals surface area contributed by atoms with Crippen LogP contribution in [0.2, 0.25) is 0 Å². The van der Waals surface area contributed by atoms with Gasteiger partial charge < -0.3 is 15.4 Å². The van der Waals surface area contributed by atoms with E-state index in [1.165, 1.54) is 10.4 Å². The van der Waals surface area contributed by atoms with Crippen LogP contribution in [0.15, 0.2) is 47.4 Å². The number of anilines is 1. The van der Waals surface area contributed by atoms with Crippen molar-refractivity contribution >= 4 is 27.5 Å². The number of carbonyl (C=O) groups is 2. The minimum atomic E-state index is -3.50. The first-order chi connectivity index (χ1) is 14.9. The van der Waals surface area contributed by atoms with Gasteiger partial charge in [-0.2, -0.15) is 4.31 Å². The number of primary amides is 1. The van der Waals surface area contributed by atoms with Gasteiger partial charge in [-0.1, -0.05) is 6.07 Å². The Labute approximate surface area is 181 Å². The van der Waals surface area contributed by atoms with Crippen molar-refractivity contribution in [3.05, 3.63) is 53.6 Å². The number of rotatable bonds is 6. The molecule has 0 aromatic heterocycles. The topological polar surface area (TPSA) is 110 Å². The number of amides is 2. The third-order valence-corrected chi connectivity index (χ3v) is 7.55. The highest BCUT2D eigenvalue weighted by molar-refractivity contribution is 7.89. The molecule has 31 heavy (non-hydrogen) atoms. The lowest BCUT2D eigenvalue weighted by atomic mass is 10.0. The molecule has 2 N–H and O–H groups in total. The number of sulfonamides is 1. The van der Waals surface area contributed by atoms with Gasteiger partial charge in [0.1, 0.15) is 5.75 Å². The summed E-state index contributed by atoms with van der Waals surface area (Å²) in [7, 11) is -3.50. The summed E-state index contributed by atoms with van der Waals surface area (Å²) in [5, 5.41) is 0. The minimum absolute atomic E-state index is 0.199. The van der Waals surface area contributed by atoms with E-state index in [0.717, 1.165) is 24.8 Å².